The summed E-state index contributed by atoms with van der Waals surface area (Å²) < 4.78 is 62.2. The second-order valence-corrected chi connectivity index (χ2v) is 7.23. The summed E-state index contributed by atoms with van der Waals surface area (Å²) in [6.07, 6.45) is -2.63. The van der Waals surface area contributed by atoms with Crippen molar-refractivity contribution in [1.82, 2.24) is 15.3 Å². The van der Waals surface area contributed by atoms with Crippen molar-refractivity contribution < 1.29 is 41.7 Å². The lowest BCUT2D eigenvalue weighted by Gasteiger charge is -2.39. The lowest BCUT2D eigenvalue weighted by Crippen LogP contribution is -2.51. The van der Waals surface area contributed by atoms with Gasteiger partial charge in [0.15, 0.2) is 0 Å². The Hall–Kier alpha value is -4.22. The number of aromatic carboxylic acids is 1. The maximum absolute atomic E-state index is 15.2. The van der Waals surface area contributed by atoms with Gasteiger partial charge >= 0.3 is 12.3 Å². The van der Waals surface area contributed by atoms with E-state index >= 15 is 4.39 Å². The van der Waals surface area contributed by atoms with Crippen molar-refractivity contribution in [2.75, 3.05) is 6.61 Å². The fraction of sp³-hybridized carbons (Fsp3) is 0.182. The molecule has 34 heavy (non-hydrogen) atoms. The number of nitrogens with one attached hydrogen (secondary N) is 1. The first-order valence-corrected chi connectivity index (χ1v) is 9.75. The molecule has 176 valence electrons. The number of carbonyl (C=O) groups excluding carboxylic acids is 1. The third kappa shape index (κ3) is 4.47. The number of rotatable bonds is 5. The van der Waals surface area contributed by atoms with Crippen molar-refractivity contribution in [2.24, 2.45) is 0 Å². The zero-order chi connectivity index (χ0) is 24.5. The van der Waals surface area contributed by atoms with Crippen molar-refractivity contribution in [1.29, 1.82) is 0 Å². The maximum atomic E-state index is 15.2. The van der Waals surface area contributed by atoms with Crippen LogP contribution >= 0.6 is 0 Å². The number of pyridine rings is 2. The van der Waals surface area contributed by atoms with Gasteiger partial charge in [-0.1, -0.05) is 0 Å². The minimum atomic E-state index is -5.01. The van der Waals surface area contributed by atoms with E-state index in [-0.39, 0.29) is 41.3 Å². The van der Waals surface area contributed by atoms with Crippen molar-refractivity contribution in [3.8, 4) is 11.5 Å². The quantitative estimate of drug-likeness (QED) is 0.540. The van der Waals surface area contributed by atoms with E-state index in [2.05, 4.69) is 20.0 Å². The fourth-order valence-corrected chi connectivity index (χ4v) is 3.66. The third-order valence-corrected chi connectivity index (χ3v) is 5.11. The Bertz CT molecular complexity index is 1250. The number of carbonyl (C=O) groups is 2. The first-order chi connectivity index (χ1) is 16.1. The SMILES string of the molecule is O=C(O)c1ccc(C(=O)NC2(c3ccc(OC(F)(F)F)cc3F)CCOc3cccnc32)nc1. The molecule has 0 spiro atoms. The Morgan fingerprint density at radius 2 is 1.94 bits per heavy atom. The molecule has 1 aromatic carbocycles. The normalized spacial score (nSPS) is 17.3. The smallest absolute Gasteiger partial charge is 0.491 e. The van der Waals surface area contributed by atoms with Crippen LogP contribution in [0.15, 0.2) is 54.9 Å². The minimum absolute atomic E-state index is 0.00758. The molecule has 1 amide bonds. The summed E-state index contributed by atoms with van der Waals surface area (Å²) in [6.45, 7) is 0.0323. The first-order valence-electron chi connectivity index (χ1n) is 9.75. The number of carboxylic acid groups (broad SMARTS) is 1. The van der Waals surface area contributed by atoms with Gasteiger partial charge in [-0.05, 0) is 36.4 Å². The van der Waals surface area contributed by atoms with E-state index in [0.29, 0.717) is 6.07 Å². The van der Waals surface area contributed by atoms with E-state index in [1.54, 1.807) is 12.1 Å². The molecule has 0 saturated heterocycles. The van der Waals surface area contributed by atoms with Crippen LogP contribution in [0.2, 0.25) is 0 Å². The molecule has 1 aliphatic rings. The predicted octanol–water partition coefficient (Wildman–Crippen LogP) is 3.67. The van der Waals surface area contributed by atoms with Gasteiger partial charge in [0.25, 0.3) is 5.91 Å². The average Bonchev–Trinajstić information content (AvgIpc) is 2.78. The maximum Gasteiger partial charge on any atom is 0.573 e. The van der Waals surface area contributed by atoms with E-state index in [1.165, 1.54) is 18.3 Å². The van der Waals surface area contributed by atoms with E-state index in [9.17, 15) is 22.8 Å². The first kappa shape index (κ1) is 23.0. The van der Waals surface area contributed by atoms with Crippen LogP contribution in [0.25, 0.3) is 0 Å². The molecular formula is C22H15F4N3O5. The largest absolute Gasteiger partial charge is 0.573 e. The molecule has 8 nitrogen and oxygen atoms in total. The van der Waals surface area contributed by atoms with E-state index < -0.39 is 35.3 Å². The Kier molecular flexibility index (Phi) is 5.82. The van der Waals surface area contributed by atoms with Gasteiger partial charge in [0.1, 0.15) is 34.2 Å². The molecule has 0 saturated carbocycles. The van der Waals surface area contributed by atoms with E-state index in [4.69, 9.17) is 9.84 Å². The van der Waals surface area contributed by atoms with Gasteiger partial charge in [0.2, 0.25) is 0 Å². The predicted molar refractivity (Wildman–Crippen MR) is 107 cm³/mol. The topological polar surface area (TPSA) is 111 Å². The molecule has 0 bridgehead atoms. The standard InChI is InChI=1S/C22H15F4N3O5/c23-15-10-13(34-22(24,25)26)4-5-14(15)21(7-9-33-17-2-1-8-27-18(17)21)29-19(30)16-6-3-12(11-28-16)20(31)32/h1-6,8,10-11H,7,9H2,(H,29,30)(H,31,32). The van der Waals surface area contributed by atoms with Gasteiger partial charge in [-0.15, -0.1) is 13.2 Å². The number of hydrogen-bond donors (Lipinski definition) is 2. The van der Waals surface area contributed by atoms with Crippen LogP contribution < -0.4 is 14.8 Å². The second-order valence-electron chi connectivity index (χ2n) is 7.23. The minimum Gasteiger partial charge on any atom is -0.491 e. The average molecular weight is 477 g/mol. The van der Waals surface area contributed by atoms with E-state index in [0.717, 1.165) is 18.3 Å². The number of benzene rings is 1. The molecule has 1 atom stereocenters. The van der Waals surface area contributed by atoms with Crippen molar-refractivity contribution in [2.45, 2.75) is 18.3 Å². The van der Waals surface area contributed by atoms with Crippen LogP contribution in [0, 0.1) is 5.82 Å². The van der Waals surface area contributed by atoms with Gasteiger partial charge in [0.05, 0.1) is 12.2 Å². The molecule has 1 unspecified atom stereocenters. The molecule has 3 aromatic rings. The Morgan fingerprint density at radius 3 is 2.59 bits per heavy atom. The van der Waals surface area contributed by atoms with Crippen LogP contribution in [0.5, 0.6) is 11.5 Å². The summed E-state index contributed by atoms with van der Waals surface area (Å²) in [7, 11) is 0. The summed E-state index contributed by atoms with van der Waals surface area (Å²) in [5, 5.41) is 11.7. The lowest BCUT2D eigenvalue weighted by atomic mass is 9.80. The molecule has 4 rings (SSSR count). The zero-order valence-electron chi connectivity index (χ0n) is 17.1. The summed E-state index contributed by atoms with van der Waals surface area (Å²) in [5.41, 5.74) is -1.96. The molecular weight excluding hydrogens is 462 g/mol. The van der Waals surface area contributed by atoms with Crippen LogP contribution in [0.4, 0.5) is 17.6 Å². The monoisotopic (exact) mass is 477 g/mol. The lowest BCUT2D eigenvalue weighted by molar-refractivity contribution is -0.274. The van der Waals surface area contributed by atoms with Crippen LogP contribution in [-0.4, -0.2) is 39.9 Å². The highest BCUT2D eigenvalue weighted by atomic mass is 19.4. The number of halogens is 4. The summed E-state index contributed by atoms with van der Waals surface area (Å²) >= 11 is 0. The Morgan fingerprint density at radius 1 is 1.15 bits per heavy atom. The number of nitrogens with zero attached hydrogens (tertiary/aromatic N) is 2. The number of ether oxygens (including phenoxy) is 2. The molecule has 3 heterocycles. The van der Waals surface area contributed by atoms with Crippen LogP contribution in [0.1, 0.15) is 38.5 Å². The van der Waals surface area contributed by atoms with Crippen molar-refractivity contribution in [3.63, 3.8) is 0 Å². The molecule has 0 fully saturated rings. The van der Waals surface area contributed by atoms with Crippen molar-refractivity contribution in [3.05, 3.63) is 83.2 Å². The van der Waals surface area contributed by atoms with Crippen molar-refractivity contribution >= 4 is 11.9 Å². The zero-order valence-corrected chi connectivity index (χ0v) is 17.1. The van der Waals surface area contributed by atoms with Gasteiger partial charge in [0, 0.05) is 30.4 Å². The molecule has 1 aliphatic heterocycles. The summed E-state index contributed by atoms with van der Waals surface area (Å²) in [6, 6.07) is 8.05. The highest BCUT2D eigenvalue weighted by Gasteiger charge is 2.45. The third-order valence-electron chi connectivity index (χ3n) is 5.11. The fourth-order valence-electron chi connectivity index (χ4n) is 3.66. The molecule has 2 N–H and O–H groups in total. The van der Waals surface area contributed by atoms with Gasteiger partial charge in [-0.3, -0.25) is 14.8 Å². The second kappa shape index (κ2) is 8.61. The molecule has 0 aliphatic carbocycles. The summed E-state index contributed by atoms with van der Waals surface area (Å²) in [4.78, 5) is 32.2. The van der Waals surface area contributed by atoms with Gasteiger partial charge < -0.3 is 19.9 Å². The highest BCUT2D eigenvalue weighted by molar-refractivity contribution is 5.94. The molecule has 0 radical (unpaired) electrons. The number of fused-ring (bicyclic) bond motifs is 1. The van der Waals surface area contributed by atoms with Crippen LogP contribution in [-0.2, 0) is 5.54 Å². The Labute approximate surface area is 189 Å². The Balaban J connectivity index is 1.78. The molecule has 2 aromatic heterocycles. The van der Waals surface area contributed by atoms with Crippen LogP contribution in [0.3, 0.4) is 0 Å². The van der Waals surface area contributed by atoms with E-state index in [1.807, 2.05) is 0 Å². The van der Waals surface area contributed by atoms with Gasteiger partial charge in [-0.25, -0.2) is 9.18 Å². The summed E-state index contributed by atoms with van der Waals surface area (Å²) in [5.74, 6) is -3.62. The number of amides is 1. The number of aromatic nitrogens is 2. The number of alkyl halides is 3. The highest BCUT2D eigenvalue weighted by Crippen LogP contribution is 2.42. The number of hydrogen-bond acceptors (Lipinski definition) is 6. The van der Waals surface area contributed by atoms with Gasteiger partial charge in [-0.2, -0.15) is 0 Å². The molecule has 12 heteroatoms. The number of carboxylic acids is 1.